The van der Waals surface area contributed by atoms with Crippen molar-refractivity contribution in [3.63, 3.8) is 0 Å². The number of nitrogens with zero attached hydrogens (tertiary/aromatic N) is 2. The lowest BCUT2D eigenvalue weighted by Gasteiger charge is -2.09. The fourth-order valence-electron chi connectivity index (χ4n) is 1.96. The van der Waals surface area contributed by atoms with E-state index in [0.29, 0.717) is 25.3 Å². The average molecular weight is 316 g/mol. The molecule has 1 heterocycles. The number of ether oxygens (including phenoxy) is 1. The number of carbonyl (C=O) groups excluding carboxylic acids is 1. The van der Waals surface area contributed by atoms with E-state index in [1.165, 1.54) is 17.0 Å². The highest BCUT2D eigenvalue weighted by atomic mass is 16.5. The van der Waals surface area contributed by atoms with E-state index in [2.05, 4.69) is 15.6 Å². The van der Waals surface area contributed by atoms with Gasteiger partial charge in [-0.3, -0.25) is 9.36 Å². The Morgan fingerprint density at radius 3 is 2.65 bits per heavy atom. The summed E-state index contributed by atoms with van der Waals surface area (Å²) in [5.41, 5.74) is 1.52. The quantitative estimate of drug-likeness (QED) is 0.834. The number of aryl methyl sites for hydroxylation is 1. The normalized spacial score (nSPS) is 10.2. The molecular weight excluding hydrogens is 296 g/mol. The summed E-state index contributed by atoms with van der Waals surface area (Å²) in [6.07, 6.45) is 1.48. The summed E-state index contributed by atoms with van der Waals surface area (Å²) in [6.45, 7) is 2.90. The second-order valence-electron chi connectivity index (χ2n) is 5.02. The van der Waals surface area contributed by atoms with E-state index in [-0.39, 0.29) is 11.6 Å². The van der Waals surface area contributed by atoms with Gasteiger partial charge in [0.05, 0.1) is 13.4 Å². The van der Waals surface area contributed by atoms with Crippen molar-refractivity contribution in [3.05, 3.63) is 58.3 Å². The van der Waals surface area contributed by atoms with E-state index in [1.54, 1.807) is 14.0 Å². The van der Waals surface area contributed by atoms with Crippen molar-refractivity contribution in [2.24, 2.45) is 0 Å². The molecule has 122 valence electrons. The molecule has 0 bridgehead atoms. The van der Waals surface area contributed by atoms with Crippen LogP contribution in [-0.4, -0.2) is 29.2 Å². The van der Waals surface area contributed by atoms with Crippen molar-refractivity contribution in [3.8, 4) is 5.75 Å². The van der Waals surface area contributed by atoms with Crippen molar-refractivity contribution in [2.45, 2.75) is 20.0 Å². The third-order valence-corrected chi connectivity index (χ3v) is 3.27. The summed E-state index contributed by atoms with van der Waals surface area (Å²) in [5, 5.41) is 5.46. The molecule has 0 aliphatic heterocycles. The van der Waals surface area contributed by atoms with E-state index in [9.17, 15) is 9.59 Å². The van der Waals surface area contributed by atoms with Crippen LogP contribution in [0.1, 0.15) is 11.3 Å². The molecule has 2 N–H and O–H groups in total. The lowest BCUT2D eigenvalue weighted by atomic mass is 10.2. The van der Waals surface area contributed by atoms with Gasteiger partial charge in [-0.2, -0.15) is 0 Å². The second kappa shape index (κ2) is 7.98. The Kier molecular flexibility index (Phi) is 5.74. The van der Waals surface area contributed by atoms with Crippen LogP contribution in [0, 0.1) is 6.92 Å². The SMILES string of the molecule is COc1ccc(CNC(=O)NCCn2cnc(C)cc2=O)cc1. The molecule has 23 heavy (non-hydrogen) atoms. The molecule has 0 saturated heterocycles. The van der Waals surface area contributed by atoms with E-state index in [0.717, 1.165) is 11.3 Å². The third-order valence-electron chi connectivity index (χ3n) is 3.27. The number of nitrogens with one attached hydrogen (secondary N) is 2. The standard InChI is InChI=1S/C16H20N4O3/c1-12-9-15(21)20(11-19-12)8-7-17-16(22)18-10-13-3-5-14(23-2)6-4-13/h3-6,9,11H,7-8,10H2,1-2H3,(H2,17,18,22). The first kappa shape index (κ1) is 16.5. The van der Waals surface area contributed by atoms with E-state index < -0.39 is 0 Å². The maximum atomic E-state index is 11.7. The number of methoxy groups -OCH3 is 1. The van der Waals surface area contributed by atoms with Crippen LogP contribution in [0.4, 0.5) is 4.79 Å². The highest BCUT2D eigenvalue weighted by Crippen LogP contribution is 2.10. The largest absolute Gasteiger partial charge is 0.497 e. The Morgan fingerprint density at radius 1 is 1.26 bits per heavy atom. The Hall–Kier alpha value is -2.83. The number of amides is 2. The van der Waals surface area contributed by atoms with Crippen LogP contribution in [-0.2, 0) is 13.1 Å². The van der Waals surface area contributed by atoms with Crippen LogP contribution in [0.3, 0.4) is 0 Å². The smallest absolute Gasteiger partial charge is 0.315 e. The van der Waals surface area contributed by atoms with Crippen LogP contribution in [0.25, 0.3) is 0 Å². The molecule has 0 unspecified atom stereocenters. The minimum absolute atomic E-state index is 0.127. The molecule has 0 atom stereocenters. The van der Waals surface area contributed by atoms with Crippen LogP contribution >= 0.6 is 0 Å². The third kappa shape index (κ3) is 5.14. The van der Waals surface area contributed by atoms with Crippen LogP contribution < -0.4 is 20.9 Å². The Morgan fingerprint density at radius 2 is 2.00 bits per heavy atom. The summed E-state index contributed by atoms with van der Waals surface area (Å²) < 4.78 is 6.53. The van der Waals surface area contributed by atoms with Crippen LogP contribution in [0.5, 0.6) is 5.75 Å². The first-order valence-corrected chi connectivity index (χ1v) is 7.26. The molecule has 2 rings (SSSR count). The maximum Gasteiger partial charge on any atom is 0.315 e. The van der Waals surface area contributed by atoms with Gasteiger partial charge in [-0.05, 0) is 24.6 Å². The lowest BCUT2D eigenvalue weighted by Crippen LogP contribution is -2.37. The molecule has 1 aromatic heterocycles. The Bertz CT molecular complexity index is 710. The predicted molar refractivity (Wildman–Crippen MR) is 86.5 cm³/mol. The van der Waals surface area contributed by atoms with Gasteiger partial charge in [-0.25, -0.2) is 9.78 Å². The van der Waals surface area contributed by atoms with Gasteiger partial charge >= 0.3 is 6.03 Å². The van der Waals surface area contributed by atoms with Crippen molar-refractivity contribution in [1.29, 1.82) is 0 Å². The van der Waals surface area contributed by atoms with Gasteiger partial charge in [0.25, 0.3) is 5.56 Å². The van der Waals surface area contributed by atoms with E-state index in [4.69, 9.17) is 4.74 Å². The number of aromatic nitrogens is 2. The molecule has 7 nitrogen and oxygen atoms in total. The first-order valence-electron chi connectivity index (χ1n) is 7.26. The Labute approximate surface area is 134 Å². The van der Waals surface area contributed by atoms with Crippen molar-refractivity contribution in [2.75, 3.05) is 13.7 Å². The van der Waals surface area contributed by atoms with Gasteiger partial charge in [0.15, 0.2) is 0 Å². The number of urea groups is 1. The molecule has 7 heteroatoms. The molecule has 0 aliphatic carbocycles. The van der Waals surface area contributed by atoms with Crippen LogP contribution in [0.2, 0.25) is 0 Å². The molecule has 1 aromatic carbocycles. The fraction of sp³-hybridized carbons (Fsp3) is 0.312. The number of benzene rings is 1. The molecule has 2 aromatic rings. The van der Waals surface area contributed by atoms with Gasteiger partial charge in [0.2, 0.25) is 0 Å². The lowest BCUT2D eigenvalue weighted by molar-refractivity contribution is 0.240. The van der Waals surface area contributed by atoms with Crippen molar-refractivity contribution < 1.29 is 9.53 Å². The molecule has 0 fully saturated rings. The van der Waals surface area contributed by atoms with Gasteiger partial charge in [-0.15, -0.1) is 0 Å². The number of carbonyl (C=O) groups is 1. The highest BCUT2D eigenvalue weighted by Gasteiger charge is 2.02. The number of hydrogen-bond acceptors (Lipinski definition) is 4. The molecule has 0 radical (unpaired) electrons. The minimum atomic E-state index is -0.283. The summed E-state index contributed by atoms with van der Waals surface area (Å²) in [4.78, 5) is 27.4. The Balaban J connectivity index is 1.73. The zero-order valence-corrected chi connectivity index (χ0v) is 13.2. The molecule has 0 spiro atoms. The minimum Gasteiger partial charge on any atom is -0.497 e. The number of rotatable bonds is 6. The number of hydrogen-bond donors (Lipinski definition) is 2. The van der Waals surface area contributed by atoms with Crippen molar-refractivity contribution >= 4 is 6.03 Å². The van der Waals surface area contributed by atoms with Gasteiger partial charge in [-0.1, -0.05) is 12.1 Å². The van der Waals surface area contributed by atoms with Gasteiger partial charge in [0, 0.05) is 31.4 Å². The average Bonchev–Trinajstić information content (AvgIpc) is 2.55. The molecule has 0 aliphatic rings. The monoisotopic (exact) mass is 316 g/mol. The van der Waals surface area contributed by atoms with Gasteiger partial charge in [0.1, 0.15) is 5.75 Å². The maximum absolute atomic E-state index is 11.7. The highest BCUT2D eigenvalue weighted by molar-refractivity contribution is 5.73. The fourth-order valence-corrected chi connectivity index (χ4v) is 1.96. The summed E-state index contributed by atoms with van der Waals surface area (Å²) in [5.74, 6) is 0.773. The summed E-state index contributed by atoms with van der Waals surface area (Å²) in [7, 11) is 1.61. The molecule has 0 saturated carbocycles. The predicted octanol–water partition coefficient (Wildman–Crippen LogP) is 1.06. The van der Waals surface area contributed by atoms with E-state index >= 15 is 0 Å². The zero-order chi connectivity index (χ0) is 16.7. The zero-order valence-electron chi connectivity index (χ0n) is 13.2. The van der Waals surface area contributed by atoms with E-state index in [1.807, 2.05) is 24.3 Å². The first-order chi connectivity index (χ1) is 11.1. The summed E-state index contributed by atoms with van der Waals surface area (Å²) in [6, 6.07) is 8.63. The van der Waals surface area contributed by atoms with Crippen LogP contribution in [0.15, 0.2) is 41.5 Å². The topological polar surface area (TPSA) is 85.2 Å². The second-order valence-corrected chi connectivity index (χ2v) is 5.02. The molecular formula is C16H20N4O3. The van der Waals surface area contributed by atoms with Gasteiger partial charge < -0.3 is 15.4 Å². The molecule has 2 amide bonds. The summed E-state index contributed by atoms with van der Waals surface area (Å²) >= 11 is 0. The van der Waals surface area contributed by atoms with Crippen molar-refractivity contribution in [1.82, 2.24) is 20.2 Å².